The smallest absolute Gasteiger partial charge is 0.0760 e. The molecular formula is C12H22O2. The average molecular weight is 198 g/mol. The summed E-state index contributed by atoms with van der Waals surface area (Å²) in [6.45, 7) is 4.65. The number of aliphatic hydroxyl groups excluding tert-OH is 1. The van der Waals surface area contributed by atoms with Gasteiger partial charge in [0.05, 0.1) is 12.2 Å². The molecule has 3 atom stereocenters. The summed E-state index contributed by atoms with van der Waals surface area (Å²) in [5.41, 5.74) is 0. The lowest BCUT2D eigenvalue weighted by Gasteiger charge is -2.31. The minimum atomic E-state index is 0.231. The van der Waals surface area contributed by atoms with E-state index in [0.29, 0.717) is 12.0 Å². The molecule has 0 aliphatic carbocycles. The first-order valence-electron chi connectivity index (χ1n) is 5.76. The van der Waals surface area contributed by atoms with E-state index in [9.17, 15) is 0 Å². The number of rotatable bonds is 5. The van der Waals surface area contributed by atoms with Crippen molar-refractivity contribution >= 4 is 0 Å². The van der Waals surface area contributed by atoms with E-state index < -0.39 is 0 Å². The van der Waals surface area contributed by atoms with E-state index in [1.165, 1.54) is 0 Å². The van der Waals surface area contributed by atoms with E-state index in [1.54, 1.807) is 0 Å². The molecule has 2 nitrogen and oxygen atoms in total. The van der Waals surface area contributed by atoms with Crippen LogP contribution >= 0.6 is 0 Å². The second-order valence-electron chi connectivity index (χ2n) is 3.94. The van der Waals surface area contributed by atoms with Crippen LogP contribution in [0.3, 0.4) is 0 Å². The van der Waals surface area contributed by atoms with Crippen molar-refractivity contribution in [3.05, 3.63) is 12.2 Å². The second kappa shape index (κ2) is 6.20. The Balaban J connectivity index is 2.44. The van der Waals surface area contributed by atoms with Crippen molar-refractivity contribution < 1.29 is 9.84 Å². The summed E-state index contributed by atoms with van der Waals surface area (Å²) >= 11 is 0. The summed E-state index contributed by atoms with van der Waals surface area (Å²) in [6.07, 6.45) is 9.08. The summed E-state index contributed by atoms with van der Waals surface area (Å²) in [7, 11) is 0. The van der Waals surface area contributed by atoms with Crippen molar-refractivity contribution in [1.29, 1.82) is 0 Å². The molecule has 0 saturated heterocycles. The number of hydrogen-bond acceptors (Lipinski definition) is 2. The third kappa shape index (κ3) is 3.10. The Morgan fingerprint density at radius 2 is 2.00 bits per heavy atom. The molecular weight excluding hydrogens is 176 g/mol. The highest BCUT2D eigenvalue weighted by molar-refractivity contribution is 5.00. The van der Waals surface area contributed by atoms with Crippen LogP contribution in [0, 0.1) is 5.92 Å². The van der Waals surface area contributed by atoms with Gasteiger partial charge in [-0.15, -0.1) is 0 Å². The van der Waals surface area contributed by atoms with E-state index in [0.717, 1.165) is 25.7 Å². The lowest BCUT2D eigenvalue weighted by Crippen LogP contribution is -2.30. The van der Waals surface area contributed by atoms with Crippen LogP contribution < -0.4 is 0 Å². The molecule has 1 aliphatic heterocycles. The second-order valence-corrected chi connectivity index (χ2v) is 3.94. The van der Waals surface area contributed by atoms with Gasteiger partial charge in [-0.05, 0) is 25.7 Å². The Bertz CT molecular complexity index is 177. The van der Waals surface area contributed by atoms with Crippen LogP contribution in [0.25, 0.3) is 0 Å². The zero-order valence-corrected chi connectivity index (χ0v) is 9.28. The van der Waals surface area contributed by atoms with Gasteiger partial charge in [0.25, 0.3) is 0 Å². The minimum absolute atomic E-state index is 0.231. The molecule has 1 aliphatic rings. The largest absolute Gasteiger partial charge is 0.396 e. The van der Waals surface area contributed by atoms with Gasteiger partial charge in [0.1, 0.15) is 0 Å². The van der Waals surface area contributed by atoms with Crippen LogP contribution in [-0.4, -0.2) is 23.9 Å². The standard InChI is InChI=1S/C12H22O2/c1-3-10-7-8-11(6-5-9-13)14-12(10)4-2/h7-8,10-13H,3-6,9H2,1-2H3/t10-,11-,12-/m1/s1. The molecule has 0 amide bonds. The molecule has 0 saturated carbocycles. The fourth-order valence-electron chi connectivity index (χ4n) is 2.02. The molecule has 0 radical (unpaired) electrons. The summed E-state index contributed by atoms with van der Waals surface area (Å²) in [5.74, 6) is 0.588. The van der Waals surface area contributed by atoms with Gasteiger partial charge in [-0.2, -0.15) is 0 Å². The Morgan fingerprint density at radius 1 is 1.21 bits per heavy atom. The summed E-state index contributed by atoms with van der Waals surface area (Å²) in [4.78, 5) is 0. The molecule has 82 valence electrons. The molecule has 14 heavy (non-hydrogen) atoms. The minimum Gasteiger partial charge on any atom is -0.396 e. The Morgan fingerprint density at radius 3 is 2.57 bits per heavy atom. The average Bonchev–Trinajstić information content (AvgIpc) is 2.25. The Hall–Kier alpha value is -0.340. The molecule has 0 unspecified atom stereocenters. The van der Waals surface area contributed by atoms with Crippen LogP contribution in [0.1, 0.15) is 39.5 Å². The first kappa shape index (κ1) is 11.7. The van der Waals surface area contributed by atoms with Gasteiger partial charge in [0, 0.05) is 12.5 Å². The summed E-state index contributed by atoms with van der Waals surface area (Å²) in [5, 5.41) is 8.74. The highest BCUT2D eigenvalue weighted by atomic mass is 16.5. The Labute approximate surface area is 87.0 Å². The van der Waals surface area contributed by atoms with Crippen LogP contribution in [0.4, 0.5) is 0 Å². The van der Waals surface area contributed by atoms with Gasteiger partial charge in [-0.3, -0.25) is 0 Å². The van der Waals surface area contributed by atoms with Gasteiger partial charge in [0.15, 0.2) is 0 Å². The van der Waals surface area contributed by atoms with Crippen molar-refractivity contribution in [2.75, 3.05) is 6.61 Å². The number of aliphatic hydroxyl groups is 1. The van der Waals surface area contributed by atoms with Gasteiger partial charge in [-0.1, -0.05) is 26.0 Å². The van der Waals surface area contributed by atoms with Crippen molar-refractivity contribution in [3.63, 3.8) is 0 Å². The molecule has 0 spiro atoms. The van der Waals surface area contributed by atoms with E-state index >= 15 is 0 Å². The molecule has 1 heterocycles. The first-order valence-corrected chi connectivity index (χ1v) is 5.76. The predicted octanol–water partition coefficient (Wildman–Crippen LogP) is 2.52. The lowest BCUT2D eigenvalue weighted by molar-refractivity contribution is -0.0292. The van der Waals surface area contributed by atoms with Crippen molar-refractivity contribution in [3.8, 4) is 0 Å². The SMILES string of the molecule is CC[C@@H]1C=C[C@@H](CCCO)O[C@@H]1CC. The summed E-state index contributed by atoms with van der Waals surface area (Å²) in [6, 6.07) is 0. The zero-order valence-electron chi connectivity index (χ0n) is 9.28. The number of ether oxygens (including phenoxy) is 1. The molecule has 0 bridgehead atoms. The molecule has 0 aromatic rings. The lowest BCUT2D eigenvalue weighted by atomic mass is 9.93. The topological polar surface area (TPSA) is 29.5 Å². The van der Waals surface area contributed by atoms with Gasteiger partial charge in [0.2, 0.25) is 0 Å². The molecule has 0 aromatic carbocycles. The predicted molar refractivity (Wildman–Crippen MR) is 58.2 cm³/mol. The first-order chi connectivity index (χ1) is 6.81. The maximum absolute atomic E-state index is 8.74. The fourth-order valence-corrected chi connectivity index (χ4v) is 2.02. The maximum Gasteiger partial charge on any atom is 0.0760 e. The summed E-state index contributed by atoms with van der Waals surface area (Å²) < 4.78 is 5.94. The van der Waals surface area contributed by atoms with Crippen LogP contribution in [0.5, 0.6) is 0 Å². The zero-order chi connectivity index (χ0) is 10.4. The molecule has 0 aromatic heterocycles. The van der Waals surface area contributed by atoms with Crippen molar-refractivity contribution in [1.82, 2.24) is 0 Å². The van der Waals surface area contributed by atoms with Gasteiger partial charge >= 0.3 is 0 Å². The highest BCUT2D eigenvalue weighted by Crippen LogP contribution is 2.25. The molecule has 1 rings (SSSR count). The molecule has 0 fully saturated rings. The molecule has 1 N–H and O–H groups in total. The Kier molecular flexibility index (Phi) is 5.20. The van der Waals surface area contributed by atoms with Crippen LogP contribution in [0.15, 0.2) is 12.2 Å². The van der Waals surface area contributed by atoms with Crippen molar-refractivity contribution in [2.45, 2.75) is 51.7 Å². The highest BCUT2D eigenvalue weighted by Gasteiger charge is 2.23. The third-order valence-corrected chi connectivity index (χ3v) is 2.92. The van der Waals surface area contributed by atoms with Gasteiger partial charge < -0.3 is 9.84 Å². The quantitative estimate of drug-likeness (QED) is 0.688. The van der Waals surface area contributed by atoms with E-state index in [-0.39, 0.29) is 12.7 Å². The molecule has 2 heteroatoms. The maximum atomic E-state index is 8.74. The monoisotopic (exact) mass is 198 g/mol. The van der Waals surface area contributed by atoms with E-state index in [2.05, 4.69) is 26.0 Å². The van der Waals surface area contributed by atoms with E-state index in [1.807, 2.05) is 0 Å². The number of hydrogen-bond donors (Lipinski definition) is 1. The third-order valence-electron chi connectivity index (χ3n) is 2.92. The van der Waals surface area contributed by atoms with Gasteiger partial charge in [-0.25, -0.2) is 0 Å². The van der Waals surface area contributed by atoms with E-state index in [4.69, 9.17) is 9.84 Å². The van der Waals surface area contributed by atoms with Crippen LogP contribution in [-0.2, 0) is 4.74 Å². The fraction of sp³-hybridized carbons (Fsp3) is 0.833. The van der Waals surface area contributed by atoms with Crippen LogP contribution in [0.2, 0.25) is 0 Å². The van der Waals surface area contributed by atoms with Crippen molar-refractivity contribution in [2.24, 2.45) is 5.92 Å². The normalized spacial score (nSPS) is 32.1.